The Morgan fingerprint density at radius 1 is 1.14 bits per heavy atom. The van der Waals surface area contributed by atoms with Gasteiger partial charge in [0.1, 0.15) is 0 Å². The third-order valence-corrected chi connectivity index (χ3v) is 5.71. The minimum atomic E-state index is -0.167. The van der Waals surface area contributed by atoms with Crippen molar-refractivity contribution in [2.45, 2.75) is 46.0 Å². The number of rotatable bonds is 11. The third-order valence-electron chi connectivity index (χ3n) is 5.38. The number of nitrogens with zero attached hydrogens (tertiary/aromatic N) is 1. The van der Waals surface area contributed by atoms with Gasteiger partial charge in [-0.3, -0.25) is 9.79 Å². The maximum absolute atomic E-state index is 12.2. The topological polar surface area (TPSA) is 74.8 Å². The average Bonchev–Trinajstić information content (AvgIpc) is 3.18. The van der Waals surface area contributed by atoms with Gasteiger partial charge in [0.05, 0.1) is 10.6 Å². The molecule has 1 aliphatic rings. The van der Waals surface area contributed by atoms with Crippen molar-refractivity contribution in [1.82, 2.24) is 16.0 Å². The lowest BCUT2D eigenvalue weighted by Gasteiger charge is -2.27. The summed E-state index contributed by atoms with van der Waals surface area (Å²) in [6.45, 7) is 8.35. The number of amides is 1. The number of carbonyl (C=O) groups is 1. The van der Waals surface area contributed by atoms with Crippen LogP contribution in [0.4, 0.5) is 0 Å². The molecule has 0 bridgehead atoms. The molecule has 0 saturated heterocycles. The smallest absolute Gasteiger partial charge is 0.252 e. The summed E-state index contributed by atoms with van der Waals surface area (Å²) in [5.41, 5.74) is 0.753. The molecule has 0 heterocycles. The predicted molar refractivity (Wildman–Crippen MR) is 120 cm³/mol. The van der Waals surface area contributed by atoms with Crippen molar-refractivity contribution in [3.63, 3.8) is 0 Å². The maximum atomic E-state index is 12.2. The number of hydrogen-bond acceptors (Lipinski definition) is 3. The fourth-order valence-electron chi connectivity index (χ4n) is 3.73. The maximum Gasteiger partial charge on any atom is 0.252 e. The second-order valence-corrected chi connectivity index (χ2v) is 7.92. The highest BCUT2D eigenvalue weighted by Gasteiger charge is 2.33. The fraction of sp³-hybridized carbons (Fsp3) is 0.636. The van der Waals surface area contributed by atoms with Gasteiger partial charge in [0.25, 0.3) is 5.91 Å². The zero-order valence-corrected chi connectivity index (χ0v) is 18.5. The van der Waals surface area contributed by atoms with Crippen molar-refractivity contribution < 1.29 is 9.53 Å². The van der Waals surface area contributed by atoms with Crippen LogP contribution in [-0.2, 0) is 4.74 Å². The molecule has 1 amide bonds. The van der Waals surface area contributed by atoms with Crippen LogP contribution < -0.4 is 16.0 Å². The van der Waals surface area contributed by atoms with Crippen molar-refractivity contribution in [3.05, 3.63) is 34.9 Å². The first-order valence-corrected chi connectivity index (χ1v) is 11.1. The van der Waals surface area contributed by atoms with Gasteiger partial charge in [-0.2, -0.15) is 0 Å². The van der Waals surface area contributed by atoms with E-state index in [1.165, 1.54) is 25.7 Å². The first kappa shape index (κ1) is 23.5. The van der Waals surface area contributed by atoms with Crippen molar-refractivity contribution in [1.29, 1.82) is 0 Å². The van der Waals surface area contributed by atoms with Crippen LogP contribution in [-0.4, -0.2) is 51.3 Å². The summed E-state index contributed by atoms with van der Waals surface area (Å²) in [5.74, 6) is 0.627. The van der Waals surface area contributed by atoms with Crippen LogP contribution in [0.2, 0.25) is 5.02 Å². The molecular weight excluding hydrogens is 388 g/mol. The molecule has 29 heavy (non-hydrogen) atoms. The highest BCUT2D eigenvalue weighted by molar-refractivity contribution is 6.33. The van der Waals surface area contributed by atoms with E-state index in [1.54, 1.807) is 18.2 Å². The number of carbonyl (C=O) groups excluding carboxylic acids is 1. The summed E-state index contributed by atoms with van der Waals surface area (Å²) in [6.07, 6.45) is 6.06. The monoisotopic (exact) mass is 422 g/mol. The number of benzene rings is 1. The normalized spacial score (nSPS) is 15.9. The Balaban J connectivity index is 1.82. The second-order valence-electron chi connectivity index (χ2n) is 7.51. The zero-order valence-electron chi connectivity index (χ0n) is 17.7. The third kappa shape index (κ3) is 7.86. The SMILES string of the molecule is CCNC(=NCC1(CCOCC)CCCC1)NCCNC(=O)c1ccccc1Cl. The highest BCUT2D eigenvalue weighted by Crippen LogP contribution is 2.41. The number of ether oxygens (including phenoxy) is 1. The van der Waals surface area contributed by atoms with E-state index in [1.807, 2.05) is 13.0 Å². The van der Waals surface area contributed by atoms with Crippen LogP contribution in [0.25, 0.3) is 0 Å². The summed E-state index contributed by atoms with van der Waals surface area (Å²) in [7, 11) is 0. The first-order valence-electron chi connectivity index (χ1n) is 10.7. The highest BCUT2D eigenvalue weighted by atomic mass is 35.5. The molecule has 7 heteroatoms. The van der Waals surface area contributed by atoms with Gasteiger partial charge in [-0.1, -0.05) is 36.6 Å². The largest absolute Gasteiger partial charge is 0.382 e. The molecule has 162 valence electrons. The van der Waals surface area contributed by atoms with Crippen LogP contribution in [0.1, 0.15) is 56.3 Å². The van der Waals surface area contributed by atoms with Crippen molar-refractivity contribution >= 4 is 23.5 Å². The van der Waals surface area contributed by atoms with Gasteiger partial charge in [0.15, 0.2) is 5.96 Å². The van der Waals surface area contributed by atoms with E-state index in [4.69, 9.17) is 21.3 Å². The van der Waals surface area contributed by atoms with Gasteiger partial charge in [-0.15, -0.1) is 0 Å². The number of aliphatic imine (C=N–C) groups is 1. The summed E-state index contributed by atoms with van der Waals surface area (Å²) in [4.78, 5) is 17.1. The molecule has 1 aromatic rings. The molecule has 1 aliphatic carbocycles. The number of guanidine groups is 1. The van der Waals surface area contributed by atoms with E-state index in [0.717, 1.165) is 38.7 Å². The number of nitrogens with one attached hydrogen (secondary N) is 3. The Kier molecular flexibility index (Phi) is 10.3. The van der Waals surface area contributed by atoms with Crippen molar-refractivity contribution in [3.8, 4) is 0 Å². The Morgan fingerprint density at radius 3 is 2.55 bits per heavy atom. The van der Waals surface area contributed by atoms with Gasteiger partial charge < -0.3 is 20.7 Å². The molecule has 3 N–H and O–H groups in total. The predicted octanol–water partition coefficient (Wildman–Crippen LogP) is 3.61. The first-order chi connectivity index (χ1) is 14.1. The van der Waals surface area contributed by atoms with Gasteiger partial charge in [-0.25, -0.2) is 0 Å². The van der Waals surface area contributed by atoms with Crippen molar-refractivity contribution in [2.75, 3.05) is 39.4 Å². The lowest BCUT2D eigenvalue weighted by Crippen LogP contribution is -2.42. The second kappa shape index (κ2) is 12.7. The Morgan fingerprint density at radius 2 is 1.86 bits per heavy atom. The van der Waals surface area contributed by atoms with Crippen LogP contribution in [0, 0.1) is 5.41 Å². The van der Waals surface area contributed by atoms with Gasteiger partial charge >= 0.3 is 0 Å². The molecule has 0 aromatic heterocycles. The lowest BCUT2D eigenvalue weighted by atomic mass is 9.83. The average molecular weight is 423 g/mol. The van der Waals surface area contributed by atoms with Gasteiger partial charge in [0, 0.05) is 39.4 Å². The quantitative estimate of drug-likeness (QED) is 0.289. The minimum absolute atomic E-state index is 0.167. The lowest BCUT2D eigenvalue weighted by molar-refractivity contribution is 0.0954. The van der Waals surface area contributed by atoms with E-state index in [9.17, 15) is 4.79 Å². The van der Waals surface area contributed by atoms with Crippen LogP contribution >= 0.6 is 11.6 Å². The van der Waals surface area contributed by atoms with Crippen molar-refractivity contribution in [2.24, 2.45) is 10.4 Å². The molecule has 2 rings (SSSR count). The van der Waals surface area contributed by atoms with E-state index in [2.05, 4.69) is 22.9 Å². The van der Waals surface area contributed by atoms with Gasteiger partial charge in [-0.05, 0) is 50.7 Å². The summed E-state index contributed by atoms with van der Waals surface area (Å²) < 4.78 is 5.59. The number of halogens is 1. The van der Waals surface area contributed by atoms with E-state index in [0.29, 0.717) is 23.7 Å². The van der Waals surface area contributed by atoms with Crippen LogP contribution in [0.5, 0.6) is 0 Å². The molecule has 6 nitrogen and oxygen atoms in total. The fourth-order valence-corrected chi connectivity index (χ4v) is 3.95. The summed E-state index contributed by atoms with van der Waals surface area (Å²) in [6, 6.07) is 7.06. The van der Waals surface area contributed by atoms with Crippen LogP contribution in [0.3, 0.4) is 0 Å². The van der Waals surface area contributed by atoms with E-state index < -0.39 is 0 Å². The standard InChI is InChI=1S/C22H35ClN4O2/c1-3-24-21(27-17-22(11-7-8-12-22)13-16-29-4-2)26-15-14-25-20(28)18-9-5-6-10-19(18)23/h5-6,9-10H,3-4,7-8,11-17H2,1-2H3,(H,25,28)(H2,24,26,27). The molecule has 0 unspecified atom stereocenters. The Bertz CT molecular complexity index is 660. The molecular formula is C22H35ClN4O2. The Labute approximate surface area is 179 Å². The molecule has 0 spiro atoms. The molecule has 1 aromatic carbocycles. The zero-order chi connectivity index (χ0) is 21.0. The summed E-state index contributed by atoms with van der Waals surface area (Å²) >= 11 is 6.07. The summed E-state index contributed by atoms with van der Waals surface area (Å²) in [5, 5.41) is 9.96. The minimum Gasteiger partial charge on any atom is -0.382 e. The molecule has 0 radical (unpaired) electrons. The molecule has 1 saturated carbocycles. The van der Waals surface area contributed by atoms with E-state index >= 15 is 0 Å². The van der Waals surface area contributed by atoms with E-state index in [-0.39, 0.29) is 11.3 Å². The molecule has 0 aliphatic heterocycles. The van der Waals surface area contributed by atoms with Gasteiger partial charge in [0.2, 0.25) is 0 Å². The van der Waals surface area contributed by atoms with Crippen LogP contribution in [0.15, 0.2) is 29.3 Å². The molecule has 1 fully saturated rings. The Hall–Kier alpha value is -1.79. The number of hydrogen-bond donors (Lipinski definition) is 3. The molecule has 0 atom stereocenters.